The van der Waals surface area contributed by atoms with Gasteiger partial charge in [-0.15, -0.1) is 0 Å². The number of benzene rings is 1. The van der Waals surface area contributed by atoms with E-state index in [9.17, 15) is 24.9 Å². The molecule has 1 aromatic carbocycles. The highest BCUT2D eigenvalue weighted by molar-refractivity contribution is 6.28. The molecule has 0 unspecified atom stereocenters. The number of nitrogens with zero attached hydrogens (tertiary/aromatic N) is 5. The molecule has 0 bridgehead atoms. The van der Waals surface area contributed by atoms with Crippen LogP contribution in [0, 0.1) is 13.8 Å². The molecule has 0 aliphatic carbocycles. The van der Waals surface area contributed by atoms with Crippen LogP contribution in [0.2, 0.25) is 5.28 Å². The van der Waals surface area contributed by atoms with Crippen LogP contribution in [0.5, 0.6) is 0 Å². The van der Waals surface area contributed by atoms with Crippen molar-refractivity contribution in [3.8, 4) is 11.1 Å². The van der Waals surface area contributed by atoms with Gasteiger partial charge in [-0.1, -0.05) is 29.4 Å². The molecular formula is C25H26ClFN6O8. The van der Waals surface area contributed by atoms with Gasteiger partial charge >= 0.3 is 11.9 Å². The zero-order chi connectivity index (χ0) is 30.1. The number of anilines is 1. The molecule has 0 aliphatic heterocycles. The summed E-state index contributed by atoms with van der Waals surface area (Å²) in [5.41, 5.74) is 5.34. The smallest absolute Gasteiger partial charge is 0.348 e. The number of carbonyl (C=O) groups is 2. The number of rotatable bonds is 12. The number of ether oxygens (including phenoxy) is 2. The number of fused-ring (bicyclic) bond motifs is 1. The Balaban J connectivity index is 1.55. The molecule has 14 nitrogen and oxygen atoms in total. The van der Waals surface area contributed by atoms with Crippen molar-refractivity contribution in [3.05, 3.63) is 52.9 Å². The van der Waals surface area contributed by atoms with E-state index in [1.165, 1.54) is 0 Å². The summed E-state index contributed by atoms with van der Waals surface area (Å²) in [7, 11) is 1.11. The molecule has 5 N–H and O–H groups in total. The molecule has 3 aromatic heterocycles. The summed E-state index contributed by atoms with van der Waals surface area (Å²) < 4.78 is 32.0. The molecule has 41 heavy (non-hydrogen) atoms. The summed E-state index contributed by atoms with van der Waals surface area (Å²) in [5.74, 6) is -3.13. The molecule has 0 spiro atoms. The monoisotopic (exact) mass is 592 g/mol. The van der Waals surface area contributed by atoms with Crippen molar-refractivity contribution in [2.45, 2.75) is 44.4 Å². The lowest BCUT2D eigenvalue weighted by atomic mass is 9.92. The minimum absolute atomic E-state index is 0.0330. The summed E-state index contributed by atoms with van der Waals surface area (Å²) in [4.78, 5) is 36.1. The third-order valence-electron chi connectivity index (χ3n) is 6.57. The van der Waals surface area contributed by atoms with Crippen molar-refractivity contribution in [1.29, 1.82) is 0 Å². The van der Waals surface area contributed by atoms with Gasteiger partial charge in [-0.3, -0.25) is 4.57 Å². The first-order chi connectivity index (χ1) is 19.4. The van der Waals surface area contributed by atoms with Crippen LogP contribution in [0.1, 0.15) is 23.3 Å². The molecule has 16 heteroatoms. The van der Waals surface area contributed by atoms with Crippen LogP contribution >= 0.6 is 11.6 Å². The van der Waals surface area contributed by atoms with Crippen LogP contribution < -0.4 is 5.73 Å². The number of aryl methyl sites for hydroxylation is 2. The summed E-state index contributed by atoms with van der Waals surface area (Å²) >= 11 is 5.81. The Labute approximate surface area is 236 Å². The lowest BCUT2D eigenvalue weighted by Gasteiger charge is -2.30. The van der Waals surface area contributed by atoms with Crippen LogP contribution in [0.25, 0.3) is 22.3 Å². The van der Waals surface area contributed by atoms with Crippen molar-refractivity contribution in [3.63, 3.8) is 0 Å². The van der Waals surface area contributed by atoms with E-state index in [0.717, 1.165) is 29.1 Å². The molecule has 0 saturated carbocycles. The van der Waals surface area contributed by atoms with E-state index < -0.39 is 49.1 Å². The van der Waals surface area contributed by atoms with Gasteiger partial charge < -0.3 is 35.1 Å². The first-order valence-corrected chi connectivity index (χ1v) is 12.4. The number of nitrogens with two attached hydrogens (primary N) is 1. The van der Waals surface area contributed by atoms with Crippen LogP contribution in [0.3, 0.4) is 0 Å². The molecule has 3 heterocycles. The Kier molecular flexibility index (Phi) is 8.53. The Hall–Kier alpha value is -4.18. The van der Waals surface area contributed by atoms with Crippen LogP contribution in [-0.4, -0.2) is 83.5 Å². The third kappa shape index (κ3) is 5.69. The van der Waals surface area contributed by atoms with Gasteiger partial charge in [0.2, 0.25) is 11.6 Å². The second-order valence-electron chi connectivity index (χ2n) is 9.16. The number of imidazole rings is 1. The van der Waals surface area contributed by atoms with E-state index in [2.05, 4.69) is 20.1 Å². The molecule has 0 amide bonds. The fraction of sp³-hybridized carbons (Fsp3) is 0.360. The van der Waals surface area contributed by atoms with Gasteiger partial charge in [0.15, 0.2) is 11.5 Å². The quantitative estimate of drug-likeness (QED) is 0.138. The fourth-order valence-electron chi connectivity index (χ4n) is 4.35. The van der Waals surface area contributed by atoms with E-state index >= 15 is 4.39 Å². The van der Waals surface area contributed by atoms with Gasteiger partial charge in [-0.2, -0.15) is 9.97 Å². The van der Waals surface area contributed by atoms with E-state index in [1.807, 2.05) is 0 Å². The first kappa shape index (κ1) is 29.8. The largest absolute Gasteiger partial charge is 0.479 e. The number of aromatic nitrogens is 5. The number of nitrogen functional groups attached to an aromatic ring is 1. The average Bonchev–Trinajstić information content (AvgIpc) is 3.50. The zero-order valence-corrected chi connectivity index (χ0v) is 22.7. The van der Waals surface area contributed by atoms with E-state index in [1.54, 1.807) is 38.1 Å². The number of carboxylic acids is 2. The summed E-state index contributed by atoms with van der Waals surface area (Å²) in [6.45, 7) is 2.70. The maximum absolute atomic E-state index is 15.4. The molecule has 0 saturated heterocycles. The number of carboxylic acid groups (broad SMARTS) is 2. The maximum Gasteiger partial charge on any atom is 0.348 e. The van der Waals surface area contributed by atoms with Gasteiger partial charge in [-0.05, 0) is 36.6 Å². The third-order valence-corrected chi connectivity index (χ3v) is 6.74. The maximum atomic E-state index is 15.4. The second kappa shape index (κ2) is 11.7. The minimum Gasteiger partial charge on any atom is -0.479 e. The lowest BCUT2D eigenvalue weighted by Crippen LogP contribution is -2.53. The number of halogens is 2. The van der Waals surface area contributed by atoms with Gasteiger partial charge in [0.1, 0.15) is 23.5 Å². The van der Waals surface area contributed by atoms with Crippen LogP contribution in [0.15, 0.2) is 35.1 Å². The highest BCUT2D eigenvalue weighted by Crippen LogP contribution is 2.30. The molecule has 0 fully saturated rings. The molecule has 3 atom stereocenters. The highest BCUT2D eigenvalue weighted by Gasteiger charge is 2.49. The predicted octanol–water partition coefficient (Wildman–Crippen LogP) is 2.35. The number of methoxy groups -OCH3 is 1. The number of hydrogen-bond donors (Lipinski definition) is 4. The number of hydrogen-bond acceptors (Lipinski definition) is 11. The predicted molar refractivity (Wildman–Crippen MR) is 141 cm³/mol. The van der Waals surface area contributed by atoms with Crippen molar-refractivity contribution < 1.29 is 43.3 Å². The van der Waals surface area contributed by atoms with Crippen molar-refractivity contribution in [1.82, 2.24) is 24.7 Å². The second-order valence-corrected chi connectivity index (χ2v) is 9.50. The van der Waals surface area contributed by atoms with E-state index in [4.69, 9.17) is 31.3 Å². The number of alkyl halides is 1. The van der Waals surface area contributed by atoms with Crippen molar-refractivity contribution >= 4 is 40.5 Å². The van der Waals surface area contributed by atoms with E-state index in [-0.39, 0.29) is 22.3 Å². The molecule has 0 aliphatic rings. The van der Waals surface area contributed by atoms with Gasteiger partial charge in [0.25, 0.3) is 5.60 Å². The lowest BCUT2D eigenvalue weighted by molar-refractivity contribution is -0.192. The van der Waals surface area contributed by atoms with Crippen molar-refractivity contribution in [2.24, 2.45) is 0 Å². The zero-order valence-electron chi connectivity index (χ0n) is 22.0. The van der Waals surface area contributed by atoms with Gasteiger partial charge in [0, 0.05) is 19.1 Å². The molecule has 4 rings (SSSR count). The number of aliphatic hydroxyl groups excluding tert-OH is 1. The Morgan fingerprint density at radius 2 is 1.85 bits per heavy atom. The Morgan fingerprint density at radius 3 is 2.41 bits per heavy atom. The van der Waals surface area contributed by atoms with Crippen LogP contribution in [-0.2, 0) is 25.5 Å². The van der Waals surface area contributed by atoms with E-state index in [0.29, 0.717) is 17.0 Å². The molecule has 0 radical (unpaired) electrons. The number of aliphatic carboxylic acids is 2. The SMILES string of the molecule is CO[C@H](COC(Cc1ccc(-c2c(C)noc2C)cc1)(C(=O)O)C(=O)O)[C@@H](O)[C@H](F)n1cnc2c(N)nc(Cl)nc21. The van der Waals surface area contributed by atoms with Crippen LogP contribution in [0.4, 0.5) is 10.2 Å². The van der Waals surface area contributed by atoms with Crippen molar-refractivity contribution in [2.75, 3.05) is 19.5 Å². The molecule has 218 valence electrons. The summed E-state index contributed by atoms with van der Waals surface area (Å²) in [5, 5.41) is 34.2. The average molecular weight is 593 g/mol. The van der Waals surface area contributed by atoms with Gasteiger partial charge in [0.05, 0.1) is 18.6 Å². The summed E-state index contributed by atoms with van der Waals surface area (Å²) in [6, 6.07) is 6.44. The first-order valence-electron chi connectivity index (χ1n) is 12.0. The Morgan fingerprint density at radius 1 is 1.20 bits per heavy atom. The number of aliphatic hydroxyl groups is 1. The Bertz CT molecular complexity index is 1540. The molecule has 4 aromatic rings. The standard InChI is InChI=1S/C25H26ClFN6O8/c1-11-16(12(2)41-32-11)14-6-4-13(5-7-14)8-25(22(35)36,23(37)38)40-9-15(39-3)18(34)19(27)33-10-29-17-20(28)30-24(26)31-21(17)33/h4-7,10,15,18-19,34H,8-9H2,1-3H3,(H,35,36)(H,37,38)(H2,28,30,31)/t15-,18-,19-/m1/s1. The van der Waals surface area contributed by atoms with Gasteiger partial charge in [-0.25, -0.2) is 19.0 Å². The minimum atomic E-state index is -2.79. The molecular weight excluding hydrogens is 567 g/mol. The summed E-state index contributed by atoms with van der Waals surface area (Å²) in [6.07, 6.45) is -5.33. The topological polar surface area (TPSA) is 209 Å². The fourth-order valence-corrected chi connectivity index (χ4v) is 4.52. The highest BCUT2D eigenvalue weighted by atomic mass is 35.5. The normalized spacial score (nSPS) is 14.2.